The molecule has 1 aromatic carbocycles. The molecule has 0 radical (unpaired) electrons. The summed E-state index contributed by atoms with van der Waals surface area (Å²) in [5, 5.41) is 0. The van der Waals surface area contributed by atoms with Crippen LogP contribution in [0.15, 0.2) is 24.3 Å². The number of methoxy groups -OCH3 is 1. The first kappa shape index (κ1) is 17.1. The molecule has 6 nitrogen and oxygen atoms in total. The second-order valence-corrected chi connectivity index (χ2v) is 5.44. The number of hydrogen-bond donors (Lipinski definition) is 0. The van der Waals surface area contributed by atoms with Gasteiger partial charge in [-0.05, 0) is 18.6 Å². The first-order chi connectivity index (χ1) is 11.1. The largest absolute Gasteiger partial charge is 0.497 e. The van der Waals surface area contributed by atoms with Gasteiger partial charge in [-0.1, -0.05) is 13.0 Å². The molecule has 0 aromatic heterocycles. The molecule has 1 saturated heterocycles. The van der Waals surface area contributed by atoms with E-state index in [4.69, 9.17) is 9.47 Å². The van der Waals surface area contributed by atoms with Gasteiger partial charge in [0.05, 0.1) is 7.11 Å². The van der Waals surface area contributed by atoms with Gasteiger partial charge in [0.2, 0.25) is 5.91 Å². The average Bonchev–Trinajstić information content (AvgIpc) is 2.85. The summed E-state index contributed by atoms with van der Waals surface area (Å²) in [5.74, 6) is 1.39. The van der Waals surface area contributed by atoms with Crippen molar-refractivity contribution in [3.05, 3.63) is 24.3 Å². The molecule has 0 bridgehead atoms. The van der Waals surface area contributed by atoms with Gasteiger partial charge < -0.3 is 19.3 Å². The van der Waals surface area contributed by atoms with Crippen LogP contribution in [0.2, 0.25) is 0 Å². The number of amides is 2. The Hall–Kier alpha value is -2.24. The molecule has 2 rings (SSSR count). The summed E-state index contributed by atoms with van der Waals surface area (Å²) in [6.07, 6.45) is 1.31. The molecular weight excluding hydrogens is 296 g/mol. The first-order valence-electron chi connectivity index (χ1n) is 7.96. The van der Waals surface area contributed by atoms with Crippen molar-refractivity contribution in [2.24, 2.45) is 0 Å². The smallest absolute Gasteiger partial charge is 0.260 e. The molecule has 0 N–H and O–H groups in total. The minimum absolute atomic E-state index is 0.00507. The second-order valence-electron chi connectivity index (χ2n) is 5.44. The van der Waals surface area contributed by atoms with Gasteiger partial charge in [0, 0.05) is 38.7 Å². The predicted molar refractivity (Wildman–Crippen MR) is 86.6 cm³/mol. The van der Waals surface area contributed by atoms with Crippen molar-refractivity contribution < 1.29 is 19.1 Å². The zero-order valence-electron chi connectivity index (χ0n) is 13.8. The predicted octanol–water partition coefficient (Wildman–Crippen LogP) is 1.54. The van der Waals surface area contributed by atoms with Gasteiger partial charge >= 0.3 is 0 Å². The van der Waals surface area contributed by atoms with E-state index in [1.807, 2.05) is 24.0 Å². The number of carbonyl (C=O) groups is 2. The van der Waals surface area contributed by atoms with Crippen molar-refractivity contribution in [3.63, 3.8) is 0 Å². The van der Waals surface area contributed by atoms with Crippen LogP contribution in [0.4, 0.5) is 0 Å². The van der Waals surface area contributed by atoms with E-state index in [-0.39, 0.29) is 18.4 Å². The molecule has 0 atom stereocenters. The summed E-state index contributed by atoms with van der Waals surface area (Å²) in [6.45, 7) is 4.39. The number of rotatable bonds is 5. The Morgan fingerprint density at radius 1 is 1.04 bits per heavy atom. The molecule has 0 saturated carbocycles. The van der Waals surface area contributed by atoms with Crippen LogP contribution in [0.1, 0.15) is 19.8 Å². The van der Waals surface area contributed by atoms with Gasteiger partial charge in [-0.15, -0.1) is 0 Å². The summed E-state index contributed by atoms with van der Waals surface area (Å²) in [5.41, 5.74) is 0. The van der Waals surface area contributed by atoms with Gasteiger partial charge in [-0.3, -0.25) is 9.59 Å². The Balaban J connectivity index is 1.84. The molecule has 126 valence electrons. The highest BCUT2D eigenvalue weighted by molar-refractivity contribution is 5.78. The molecule has 1 aliphatic heterocycles. The standard InChI is InChI=1S/C17H24N2O4/c1-3-16(20)18-8-5-9-19(11-10-18)17(21)13-23-15-7-4-6-14(12-15)22-2/h4,6-7,12H,3,5,8-11,13H2,1-2H3. The maximum Gasteiger partial charge on any atom is 0.260 e. The van der Waals surface area contributed by atoms with Crippen molar-refractivity contribution in [2.45, 2.75) is 19.8 Å². The SMILES string of the molecule is CCC(=O)N1CCCN(C(=O)COc2cccc(OC)c2)CC1. The zero-order chi connectivity index (χ0) is 16.7. The topological polar surface area (TPSA) is 59.1 Å². The molecule has 6 heteroatoms. The fourth-order valence-corrected chi connectivity index (χ4v) is 2.57. The van der Waals surface area contributed by atoms with Gasteiger partial charge in [0.1, 0.15) is 11.5 Å². The lowest BCUT2D eigenvalue weighted by atomic mass is 10.3. The van der Waals surface area contributed by atoms with Gasteiger partial charge in [-0.25, -0.2) is 0 Å². The highest BCUT2D eigenvalue weighted by Crippen LogP contribution is 2.18. The van der Waals surface area contributed by atoms with Crippen LogP contribution in [0.5, 0.6) is 11.5 Å². The number of benzene rings is 1. The molecule has 0 aliphatic carbocycles. The fraction of sp³-hybridized carbons (Fsp3) is 0.529. The normalized spacial score (nSPS) is 15.0. The third kappa shape index (κ3) is 4.87. The average molecular weight is 320 g/mol. The maximum absolute atomic E-state index is 12.3. The van der Waals surface area contributed by atoms with Crippen molar-refractivity contribution >= 4 is 11.8 Å². The third-order valence-electron chi connectivity index (χ3n) is 3.91. The lowest BCUT2D eigenvalue weighted by Gasteiger charge is -2.22. The monoisotopic (exact) mass is 320 g/mol. The van der Waals surface area contributed by atoms with Crippen LogP contribution in [-0.4, -0.2) is 61.5 Å². The second kappa shape index (κ2) is 8.41. The molecule has 0 spiro atoms. The minimum Gasteiger partial charge on any atom is -0.497 e. The van der Waals surface area contributed by atoms with Gasteiger partial charge in [0.25, 0.3) is 5.91 Å². The molecule has 1 aliphatic rings. The van der Waals surface area contributed by atoms with E-state index in [2.05, 4.69) is 0 Å². The summed E-state index contributed by atoms with van der Waals surface area (Å²) >= 11 is 0. The van der Waals surface area contributed by atoms with E-state index in [1.54, 1.807) is 24.1 Å². The number of ether oxygens (including phenoxy) is 2. The van der Waals surface area contributed by atoms with E-state index < -0.39 is 0 Å². The van der Waals surface area contributed by atoms with Crippen LogP contribution in [-0.2, 0) is 9.59 Å². The van der Waals surface area contributed by atoms with Crippen molar-refractivity contribution in [1.29, 1.82) is 0 Å². The lowest BCUT2D eigenvalue weighted by Crippen LogP contribution is -2.39. The van der Waals surface area contributed by atoms with Crippen molar-refractivity contribution in [1.82, 2.24) is 9.80 Å². The minimum atomic E-state index is -0.0568. The Morgan fingerprint density at radius 3 is 2.35 bits per heavy atom. The van der Waals surface area contributed by atoms with Crippen LogP contribution < -0.4 is 9.47 Å². The summed E-state index contributed by atoms with van der Waals surface area (Å²) < 4.78 is 10.7. The molecule has 1 heterocycles. The van der Waals surface area contributed by atoms with E-state index in [1.165, 1.54) is 0 Å². The van der Waals surface area contributed by atoms with Crippen LogP contribution in [0.3, 0.4) is 0 Å². The fourth-order valence-electron chi connectivity index (χ4n) is 2.57. The number of nitrogens with zero attached hydrogens (tertiary/aromatic N) is 2. The van der Waals surface area contributed by atoms with Gasteiger partial charge in [0.15, 0.2) is 6.61 Å². The van der Waals surface area contributed by atoms with Crippen molar-refractivity contribution in [3.8, 4) is 11.5 Å². The molecule has 0 unspecified atom stereocenters. The van der Waals surface area contributed by atoms with E-state index in [0.717, 1.165) is 6.42 Å². The summed E-state index contributed by atoms with van der Waals surface area (Å²) in [7, 11) is 1.59. The van der Waals surface area contributed by atoms with E-state index in [0.29, 0.717) is 44.1 Å². The Kier molecular flexibility index (Phi) is 6.26. The third-order valence-corrected chi connectivity index (χ3v) is 3.91. The Labute approximate surface area is 137 Å². The Bertz CT molecular complexity index is 547. The Morgan fingerprint density at radius 2 is 1.70 bits per heavy atom. The molecule has 1 aromatic rings. The maximum atomic E-state index is 12.3. The zero-order valence-corrected chi connectivity index (χ0v) is 13.8. The molecule has 2 amide bonds. The molecule has 1 fully saturated rings. The quantitative estimate of drug-likeness (QED) is 0.826. The van der Waals surface area contributed by atoms with Gasteiger partial charge in [-0.2, -0.15) is 0 Å². The summed E-state index contributed by atoms with van der Waals surface area (Å²) in [6, 6.07) is 7.18. The first-order valence-corrected chi connectivity index (χ1v) is 7.96. The van der Waals surface area contributed by atoms with Crippen LogP contribution >= 0.6 is 0 Å². The number of hydrogen-bond acceptors (Lipinski definition) is 4. The molecule has 23 heavy (non-hydrogen) atoms. The van der Waals surface area contributed by atoms with E-state index in [9.17, 15) is 9.59 Å². The van der Waals surface area contributed by atoms with Crippen LogP contribution in [0, 0.1) is 0 Å². The highest BCUT2D eigenvalue weighted by atomic mass is 16.5. The number of carbonyl (C=O) groups excluding carboxylic acids is 2. The van der Waals surface area contributed by atoms with E-state index >= 15 is 0 Å². The van der Waals surface area contributed by atoms with Crippen LogP contribution in [0.25, 0.3) is 0 Å². The summed E-state index contributed by atoms with van der Waals surface area (Å²) in [4.78, 5) is 27.6. The highest BCUT2D eigenvalue weighted by Gasteiger charge is 2.21. The van der Waals surface area contributed by atoms with Crippen molar-refractivity contribution in [2.75, 3.05) is 39.9 Å². The lowest BCUT2D eigenvalue weighted by molar-refractivity contribution is -0.134. The molecular formula is C17H24N2O4.